The lowest BCUT2D eigenvalue weighted by Crippen LogP contribution is -2.45. The largest absolute Gasteiger partial charge is 0.489 e. The molecule has 7 nitrogen and oxygen atoms in total. The van der Waals surface area contributed by atoms with Gasteiger partial charge in [-0.15, -0.1) is 5.06 Å². The van der Waals surface area contributed by atoms with E-state index in [1.165, 1.54) is 0 Å². The Bertz CT molecular complexity index is 1130. The van der Waals surface area contributed by atoms with Gasteiger partial charge in [0.15, 0.2) is 0 Å². The van der Waals surface area contributed by atoms with E-state index in [0.29, 0.717) is 25.4 Å². The van der Waals surface area contributed by atoms with Crippen LogP contribution in [0.15, 0.2) is 91.0 Å². The Kier molecular flexibility index (Phi) is 6.46. The molecule has 2 heterocycles. The molecule has 3 aromatic rings. The summed E-state index contributed by atoms with van der Waals surface area (Å²) in [6, 6.07) is 27.3. The fourth-order valence-corrected chi connectivity index (χ4v) is 4.07. The highest BCUT2D eigenvalue weighted by molar-refractivity contribution is 5.84. The van der Waals surface area contributed by atoms with Crippen LogP contribution < -0.4 is 15.5 Å². The maximum absolute atomic E-state index is 12.4. The van der Waals surface area contributed by atoms with Crippen LogP contribution in [0.3, 0.4) is 0 Å². The fourth-order valence-electron chi connectivity index (χ4n) is 4.07. The van der Waals surface area contributed by atoms with Gasteiger partial charge in [-0.05, 0) is 54.3 Å². The molecule has 2 N–H and O–H groups in total. The molecule has 0 aliphatic carbocycles. The fraction of sp³-hybridized carbons (Fsp3) is 0.222. The minimum Gasteiger partial charge on any atom is -0.489 e. The number of hydrogen-bond donors (Lipinski definition) is 2. The van der Waals surface area contributed by atoms with Crippen LogP contribution in [-0.4, -0.2) is 29.8 Å². The van der Waals surface area contributed by atoms with Gasteiger partial charge < -0.3 is 9.57 Å². The second-order valence-electron chi connectivity index (χ2n) is 8.42. The Morgan fingerprint density at radius 1 is 0.941 bits per heavy atom. The average Bonchev–Trinajstić information content (AvgIpc) is 3.30. The van der Waals surface area contributed by atoms with Crippen LogP contribution in [0.2, 0.25) is 0 Å². The molecular weight excluding hydrogens is 430 g/mol. The van der Waals surface area contributed by atoms with E-state index in [2.05, 4.69) is 16.9 Å². The Hall–Kier alpha value is -3.81. The highest BCUT2D eigenvalue weighted by atomic mass is 16.7. The van der Waals surface area contributed by atoms with Crippen molar-refractivity contribution < 1.29 is 19.2 Å². The predicted molar refractivity (Wildman–Crippen MR) is 129 cm³/mol. The van der Waals surface area contributed by atoms with E-state index < -0.39 is 6.09 Å². The molecule has 1 spiro atoms. The summed E-state index contributed by atoms with van der Waals surface area (Å²) in [6.07, 6.45) is 3.06. The number of carbonyl (C=O) groups is 1. The van der Waals surface area contributed by atoms with Gasteiger partial charge in [0.05, 0.1) is 5.70 Å². The van der Waals surface area contributed by atoms with E-state index in [1.807, 2.05) is 72.8 Å². The van der Waals surface area contributed by atoms with Gasteiger partial charge in [0.25, 0.3) is 0 Å². The zero-order valence-corrected chi connectivity index (χ0v) is 18.8. The number of nitrogens with zero attached hydrogens (tertiary/aromatic N) is 1. The van der Waals surface area contributed by atoms with Crippen molar-refractivity contribution in [2.45, 2.75) is 25.0 Å². The number of anilines is 1. The second kappa shape index (κ2) is 9.99. The Morgan fingerprint density at radius 2 is 1.62 bits per heavy atom. The topological polar surface area (TPSA) is 72.1 Å². The maximum Gasteiger partial charge on any atom is 0.430 e. The van der Waals surface area contributed by atoms with Crippen molar-refractivity contribution in [3.8, 4) is 5.75 Å². The molecule has 174 valence electrons. The molecular formula is C27H27N3O4. The zero-order valence-electron chi connectivity index (χ0n) is 18.8. The van der Waals surface area contributed by atoms with Gasteiger partial charge >= 0.3 is 6.09 Å². The van der Waals surface area contributed by atoms with Crippen LogP contribution in [0.1, 0.15) is 24.0 Å². The number of rotatable bonds is 6. The molecule has 5 rings (SSSR count). The van der Waals surface area contributed by atoms with Gasteiger partial charge in [-0.1, -0.05) is 60.7 Å². The highest BCUT2D eigenvalue weighted by Crippen LogP contribution is 2.34. The third-order valence-corrected chi connectivity index (χ3v) is 5.99. The molecule has 2 aliphatic rings. The standard InChI is InChI=1S/C27H27N3O4/c31-26(28-23-11-13-24(14-12-23)32-20-21-7-3-1-4-8-21)33-30-17-15-27(16-18-30)19-25(29-34-27)22-9-5-2-6-10-22/h1-14,19,29H,15-18,20H2,(H,28,31). The zero-order chi connectivity index (χ0) is 23.2. The summed E-state index contributed by atoms with van der Waals surface area (Å²) in [5.41, 5.74) is 6.49. The molecule has 7 heteroatoms. The summed E-state index contributed by atoms with van der Waals surface area (Å²) in [5.74, 6) is 0.734. The van der Waals surface area contributed by atoms with Crippen LogP contribution in [0.25, 0.3) is 5.70 Å². The summed E-state index contributed by atoms with van der Waals surface area (Å²) >= 11 is 0. The molecule has 34 heavy (non-hydrogen) atoms. The van der Waals surface area contributed by atoms with E-state index in [9.17, 15) is 4.79 Å². The molecule has 0 unspecified atom stereocenters. The molecule has 0 bridgehead atoms. The summed E-state index contributed by atoms with van der Waals surface area (Å²) in [5, 5.41) is 4.44. The lowest BCUT2D eigenvalue weighted by atomic mass is 9.91. The number of carbonyl (C=O) groups excluding carboxylic acids is 1. The highest BCUT2D eigenvalue weighted by Gasteiger charge is 2.39. The lowest BCUT2D eigenvalue weighted by Gasteiger charge is -2.35. The molecule has 0 aromatic heterocycles. The number of hydrogen-bond acceptors (Lipinski definition) is 6. The molecule has 1 fully saturated rings. The third-order valence-electron chi connectivity index (χ3n) is 5.99. The molecule has 3 aromatic carbocycles. The SMILES string of the molecule is O=C(Nc1ccc(OCc2ccccc2)cc1)ON1CCC2(C=C(c3ccccc3)NO2)CC1. The monoisotopic (exact) mass is 457 g/mol. The lowest BCUT2D eigenvalue weighted by molar-refractivity contribution is -0.153. The van der Waals surface area contributed by atoms with E-state index in [0.717, 1.165) is 35.4 Å². The number of piperidine rings is 1. The van der Waals surface area contributed by atoms with Crippen molar-refractivity contribution in [2.75, 3.05) is 18.4 Å². The van der Waals surface area contributed by atoms with Crippen molar-refractivity contribution in [1.82, 2.24) is 10.5 Å². The molecule has 1 saturated heterocycles. The summed E-state index contributed by atoms with van der Waals surface area (Å²) in [4.78, 5) is 23.8. The van der Waals surface area contributed by atoms with Crippen LogP contribution >= 0.6 is 0 Å². The Morgan fingerprint density at radius 3 is 2.32 bits per heavy atom. The smallest absolute Gasteiger partial charge is 0.430 e. The van der Waals surface area contributed by atoms with Crippen LogP contribution in [0, 0.1) is 0 Å². The van der Waals surface area contributed by atoms with Gasteiger partial charge in [0, 0.05) is 18.8 Å². The average molecular weight is 458 g/mol. The quantitative estimate of drug-likeness (QED) is 0.534. The van der Waals surface area contributed by atoms with Gasteiger partial charge in [-0.2, -0.15) is 0 Å². The second-order valence-corrected chi connectivity index (χ2v) is 8.42. The third kappa shape index (κ3) is 5.39. The van der Waals surface area contributed by atoms with Gasteiger partial charge in [0.2, 0.25) is 0 Å². The van der Waals surface area contributed by atoms with Crippen LogP contribution in [-0.2, 0) is 16.3 Å². The van der Waals surface area contributed by atoms with Crippen molar-refractivity contribution in [3.05, 3.63) is 102 Å². The van der Waals surface area contributed by atoms with E-state index in [1.54, 1.807) is 17.2 Å². The number of ether oxygens (including phenoxy) is 1. The molecule has 0 saturated carbocycles. The van der Waals surface area contributed by atoms with Crippen LogP contribution in [0.4, 0.5) is 10.5 Å². The van der Waals surface area contributed by atoms with E-state index >= 15 is 0 Å². The Labute approximate surface area is 198 Å². The van der Waals surface area contributed by atoms with Crippen molar-refractivity contribution >= 4 is 17.5 Å². The first kappa shape index (κ1) is 22.0. The first-order valence-corrected chi connectivity index (χ1v) is 11.4. The first-order valence-electron chi connectivity index (χ1n) is 11.4. The normalized spacial score (nSPS) is 17.0. The predicted octanol–water partition coefficient (Wildman–Crippen LogP) is 5.14. The van der Waals surface area contributed by atoms with Crippen molar-refractivity contribution in [2.24, 2.45) is 0 Å². The summed E-state index contributed by atoms with van der Waals surface area (Å²) in [7, 11) is 0. The van der Waals surface area contributed by atoms with E-state index in [4.69, 9.17) is 14.4 Å². The Balaban J connectivity index is 1.08. The minimum atomic E-state index is -0.514. The number of amides is 1. The number of benzene rings is 3. The number of hydroxylamine groups is 3. The van der Waals surface area contributed by atoms with Crippen molar-refractivity contribution in [1.29, 1.82) is 0 Å². The molecule has 0 radical (unpaired) electrons. The minimum absolute atomic E-state index is 0.378. The van der Waals surface area contributed by atoms with Crippen molar-refractivity contribution in [3.63, 3.8) is 0 Å². The van der Waals surface area contributed by atoms with Crippen LogP contribution in [0.5, 0.6) is 5.75 Å². The number of nitrogens with one attached hydrogen (secondary N) is 2. The van der Waals surface area contributed by atoms with E-state index in [-0.39, 0.29) is 5.60 Å². The molecule has 2 aliphatic heterocycles. The summed E-state index contributed by atoms with van der Waals surface area (Å²) < 4.78 is 5.78. The molecule has 1 amide bonds. The van der Waals surface area contributed by atoms with Gasteiger partial charge in [-0.25, -0.2) is 4.79 Å². The molecule has 0 atom stereocenters. The van der Waals surface area contributed by atoms with Gasteiger partial charge in [-0.3, -0.25) is 15.6 Å². The first-order chi connectivity index (χ1) is 16.7. The van der Waals surface area contributed by atoms with Gasteiger partial charge in [0.1, 0.15) is 18.0 Å². The maximum atomic E-state index is 12.4. The summed E-state index contributed by atoms with van der Waals surface area (Å²) in [6.45, 7) is 1.66.